The lowest BCUT2D eigenvalue weighted by Gasteiger charge is -2.52. The number of pyridine rings is 1. The van der Waals surface area contributed by atoms with E-state index in [1.54, 1.807) is 0 Å². The number of benzene rings is 1. The molecule has 1 N–H and O–H groups in total. The number of hydrogen-bond donors (Lipinski definition) is 1. The number of carbonyl (C=O) groups excluding carboxylic acids is 1. The van der Waals surface area contributed by atoms with Crippen LogP contribution in [0.25, 0.3) is 22.2 Å². The van der Waals surface area contributed by atoms with E-state index in [2.05, 4.69) is 50.2 Å². The molecule has 1 saturated heterocycles. The van der Waals surface area contributed by atoms with Gasteiger partial charge in [-0.2, -0.15) is 5.10 Å². The fraction of sp³-hybridized carbons (Fsp3) is 0.500. The molecule has 9 nitrogen and oxygen atoms in total. The molecule has 44 heavy (non-hydrogen) atoms. The molecule has 2 aliphatic carbocycles. The maximum absolute atomic E-state index is 15.0. The van der Waals surface area contributed by atoms with Crippen molar-refractivity contribution in [1.82, 2.24) is 24.7 Å². The minimum absolute atomic E-state index is 0.00314. The van der Waals surface area contributed by atoms with Gasteiger partial charge >= 0.3 is 5.97 Å². The molecule has 1 aliphatic heterocycles. The van der Waals surface area contributed by atoms with Crippen LogP contribution in [0.2, 0.25) is 0 Å². The molecular weight excluding hydrogens is 557 g/mol. The second kappa shape index (κ2) is 10.2. The zero-order valence-corrected chi connectivity index (χ0v) is 26.3. The van der Waals surface area contributed by atoms with E-state index in [4.69, 9.17) is 4.74 Å². The molecule has 0 radical (unpaired) electrons. The number of rotatable bonds is 6. The number of nitrogens with zero attached hydrogens (tertiary/aromatic N) is 6. The van der Waals surface area contributed by atoms with Gasteiger partial charge in [-0.25, -0.2) is 19.3 Å². The highest BCUT2D eigenvalue weighted by molar-refractivity contribution is 5.87. The van der Waals surface area contributed by atoms with Gasteiger partial charge in [-0.15, -0.1) is 0 Å². The van der Waals surface area contributed by atoms with Gasteiger partial charge in [-0.1, -0.05) is 19.9 Å². The zero-order chi connectivity index (χ0) is 31.0. The maximum atomic E-state index is 15.0. The SMILES string of the molecule is CC(C)c1c2cc(-c3nc(Nc4ccc(N5CC6C[C@H]7C(C5)CC7(C(=O)OC(C)(C)C)C6)cn4)ncc3F)ccc2nn1C. The Bertz CT molecular complexity index is 1740. The van der Waals surface area contributed by atoms with E-state index in [9.17, 15) is 9.18 Å². The molecule has 3 unspecified atom stereocenters. The molecule has 4 aromatic rings. The first-order chi connectivity index (χ1) is 20.9. The first-order valence-electron chi connectivity index (χ1n) is 15.6. The van der Waals surface area contributed by atoms with Crippen molar-refractivity contribution in [2.45, 2.75) is 65.4 Å². The van der Waals surface area contributed by atoms with Crippen LogP contribution in [0.5, 0.6) is 0 Å². The Labute approximate surface area is 257 Å². The summed E-state index contributed by atoms with van der Waals surface area (Å²) in [6, 6.07) is 9.67. The molecule has 0 amide bonds. The highest BCUT2D eigenvalue weighted by atomic mass is 19.1. The predicted octanol–water partition coefficient (Wildman–Crippen LogP) is 6.63. The second-order valence-corrected chi connectivity index (χ2v) is 14.3. The van der Waals surface area contributed by atoms with Crippen molar-refractivity contribution in [3.63, 3.8) is 0 Å². The lowest BCUT2D eigenvalue weighted by molar-refractivity contribution is -0.183. The normalized spacial score (nSPS) is 24.4. The number of ether oxygens (including phenoxy) is 1. The molecule has 7 rings (SSSR count). The number of aromatic nitrogens is 5. The number of esters is 1. The summed E-state index contributed by atoms with van der Waals surface area (Å²) in [4.78, 5) is 28.9. The number of hydrogen-bond acceptors (Lipinski definition) is 8. The Morgan fingerprint density at radius 1 is 1.11 bits per heavy atom. The van der Waals surface area contributed by atoms with E-state index in [1.807, 2.05) is 63.0 Å². The highest BCUT2D eigenvalue weighted by Gasteiger charge is 2.65. The van der Waals surface area contributed by atoms with Gasteiger partial charge in [0.15, 0.2) is 5.82 Å². The number of halogens is 1. The molecule has 10 heteroatoms. The largest absolute Gasteiger partial charge is 0.460 e. The summed E-state index contributed by atoms with van der Waals surface area (Å²) in [6.07, 6.45) is 5.96. The summed E-state index contributed by atoms with van der Waals surface area (Å²) in [7, 11) is 1.93. The molecule has 1 aromatic carbocycles. The number of anilines is 3. The van der Waals surface area contributed by atoms with Crippen molar-refractivity contribution in [3.8, 4) is 11.3 Å². The van der Waals surface area contributed by atoms with Gasteiger partial charge in [0.05, 0.1) is 29.0 Å². The first kappa shape index (κ1) is 28.7. The highest BCUT2D eigenvalue weighted by Crippen LogP contribution is 2.65. The van der Waals surface area contributed by atoms with Gasteiger partial charge in [0.2, 0.25) is 5.95 Å². The van der Waals surface area contributed by atoms with E-state index >= 15 is 0 Å². The third-order valence-electron chi connectivity index (χ3n) is 9.68. The molecule has 4 atom stereocenters. The fourth-order valence-electron chi connectivity index (χ4n) is 8.01. The third kappa shape index (κ3) is 4.88. The summed E-state index contributed by atoms with van der Waals surface area (Å²) >= 11 is 0. The van der Waals surface area contributed by atoms with E-state index < -0.39 is 11.4 Å². The average Bonchev–Trinajstić information content (AvgIpc) is 3.37. The zero-order valence-electron chi connectivity index (χ0n) is 26.3. The van der Waals surface area contributed by atoms with E-state index in [1.165, 1.54) is 6.20 Å². The van der Waals surface area contributed by atoms with E-state index in [-0.39, 0.29) is 28.9 Å². The topological polar surface area (TPSA) is 98.1 Å². The molecule has 3 aromatic heterocycles. The minimum Gasteiger partial charge on any atom is -0.460 e. The van der Waals surface area contributed by atoms with Crippen LogP contribution in [-0.2, 0) is 16.6 Å². The Morgan fingerprint density at radius 2 is 1.93 bits per heavy atom. The van der Waals surface area contributed by atoms with Crippen molar-refractivity contribution < 1.29 is 13.9 Å². The van der Waals surface area contributed by atoms with E-state index in [0.717, 1.165) is 54.6 Å². The van der Waals surface area contributed by atoms with Gasteiger partial charge in [0.25, 0.3) is 0 Å². The van der Waals surface area contributed by atoms with Gasteiger partial charge in [-0.05, 0) is 88.0 Å². The van der Waals surface area contributed by atoms with Gasteiger partial charge in [0, 0.05) is 36.8 Å². The van der Waals surface area contributed by atoms with E-state index in [0.29, 0.717) is 29.1 Å². The van der Waals surface area contributed by atoms with Gasteiger partial charge < -0.3 is 15.0 Å². The Morgan fingerprint density at radius 3 is 2.66 bits per heavy atom. The standard InChI is InChI=1S/C34H40FN7O2/c1-19(2)30-24-12-21(7-9-27(24)40-41(30)6)29-26(35)16-37-32(39-29)38-28-10-8-23(15-36-28)42-17-20-11-25-22(18-42)14-34(25,13-20)31(43)44-33(3,4)5/h7-10,12,15-16,19-20,22,25H,11,13-14,17-18H2,1-6H3,(H,36,37,38,39)/t20?,22?,25-,34?/m0/s1. The van der Waals surface area contributed by atoms with Crippen LogP contribution in [0.15, 0.2) is 42.7 Å². The predicted molar refractivity (Wildman–Crippen MR) is 168 cm³/mol. The minimum atomic E-state index is -0.490. The Kier molecular flexibility index (Phi) is 6.68. The van der Waals surface area contributed by atoms with Crippen LogP contribution >= 0.6 is 0 Å². The molecule has 3 fully saturated rings. The summed E-state index contributed by atoms with van der Waals surface area (Å²) in [5.41, 5.74) is 3.18. The molecule has 2 bridgehead atoms. The molecule has 0 spiro atoms. The van der Waals surface area contributed by atoms with Crippen molar-refractivity contribution in [2.24, 2.45) is 30.2 Å². The first-order valence-corrected chi connectivity index (χ1v) is 15.6. The molecular formula is C34H40FN7O2. The summed E-state index contributed by atoms with van der Waals surface area (Å²) in [6.45, 7) is 11.9. The lowest BCUT2D eigenvalue weighted by atomic mass is 9.55. The number of aryl methyl sites for hydroxylation is 1. The maximum Gasteiger partial charge on any atom is 0.312 e. The summed E-state index contributed by atoms with van der Waals surface area (Å²) in [5.74, 6) is 2.00. The van der Waals surface area contributed by atoms with Crippen molar-refractivity contribution in [3.05, 3.63) is 54.2 Å². The monoisotopic (exact) mass is 597 g/mol. The van der Waals surface area contributed by atoms with Crippen LogP contribution < -0.4 is 10.2 Å². The van der Waals surface area contributed by atoms with Crippen LogP contribution in [-0.4, -0.2) is 49.4 Å². The number of fused-ring (bicyclic) bond motifs is 2. The third-order valence-corrected chi connectivity index (χ3v) is 9.68. The fourth-order valence-corrected chi connectivity index (χ4v) is 8.01. The van der Waals surface area contributed by atoms with Crippen LogP contribution in [0.1, 0.15) is 65.5 Å². The van der Waals surface area contributed by atoms with Gasteiger partial charge in [-0.3, -0.25) is 9.48 Å². The Hall–Kier alpha value is -4.08. The second-order valence-electron chi connectivity index (χ2n) is 14.3. The van der Waals surface area contributed by atoms with Gasteiger partial charge in [0.1, 0.15) is 17.1 Å². The van der Waals surface area contributed by atoms with Crippen LogP contribution in [0.3, 0.4) is 0 Å². The lowest BCUT2D eigenvalue weighted by Crippen LogP contribution is -2.55. The van der Waals surface area contributed by atoms with Crippen LogP contribution in [0, 0.1) is 29.0 Å². The molecule has 4 heterocycles. The summed E-state index contributed by atoms with van der Waals surface area (Å²) < 4.78 is 22.7. The molecule has 2 saturated carbocycles. The Balaban J connectivity index is 1.06. The smallest absolute Gasteiger partial charge is 0.312 e. The average molecular weight is 598 g/mol. The quantitative estimate of drug-likeness (QED) is 0.248. The number of carbonyl (C=O) groups is 1. The van der Waals surface area contributed by atoms with Crippen molar-refractivity contribution >= 4 is 34.3 Å². The molecule has 3 aliphatic rings. The van der Waals surface area contributed by atoms with Crippen molar-refractivity contribution in [1.29, 1.82) is 0 Å². The summed E-state index contributed by atoms with van der Waals surface area (Å²) in [5, 5.41) is 8.73. The van der Waals surface area contributed by atoms with Crippen molar-refractivity contribution in [2.75, 3.05) is 23.3 Å². The molecule has 230 valence electrons. The van der Waals surface area contributed by atoms with Crippen LogP contribution in [0.4, 0.5) is 21.8 Å². The number of nitrogens with one attached hydrogen (secondary N) is 1.